The maximum Gasteiger partial charge on any atom is 0.303 e. The molecule has 0 saturated carbocycles. The van der Waals surface area contributed by atoms with Crippen molar-refractivity contribution in [1.82, 2.24) is 4.90 Å². The molecule has 8 nitrogen and oxygen atoms in total. The van der Waals surface area contributed by atoms with Crippen LogP contribution >= 0.6 is 0 Å². The maximum absolute atomic E-state index is 10.2. The van der Waals surface area contributed by atoms with Crippen LogP contribution in [0.15, 0.2) is 0 Å². The van der Waals surface area contributed by atoms with Crippen molar-refractivity contribution in [2.45, 2.75) is 117 Å². The van der Waals surface area contributed by atoms with Crippen molar-refractivity contribution in [3.8, 4) is 0 Å². The number of carboxylic acid groups (broad SMARTS) is 2. The van der Waals surface area contributed by atoms with Crippen molar-refractivity contribution in [3.05, 3.63) is 0 Å². The van der Waals surface area contributed by atoms with Gasteiger partial charge in [-0.1, -0.05) is 91.4 Å². The predicted molar refractivity (Wildman–Crippen MR) is 143 cm³/mol. The molecule has 35 heavy (non-hydrogen) atoms. The first kappa shape index (κ1) is 38.3. The Morgan fingerprint density at radius 1 is 0.600 bits per heavy atom. The van der Waals surface area contributed by atoms with Crippen molar-refractivity contribution in [2.24, 2.45) is 5.92 Å². The predicted octanol–water partition coefficient (Wildman–Crippen LogP) is 4.93. The van der Waals surface area contributed by atoms with E-state index in [9.17, 15) is 9.59 Å². The van der Waals surface area contributed by atoms with E-state index in [0.717, 1.165) is 31.6 Å². The largest absolute Gasteiger partial charge is 0.481 e. The number of nitrogens with zero attached hydrogens (tertiary/aromatic N) is 1. The Morgan fingerprint density at radius 3 is 1.26 bits per heavy atom. The van der Waals surface area contributed by atoms with Gasteiger partial charge in [-0.3, -0.25) is 14.5 Å². The van der Waals surface area contributed by atoms with E-state index in [1.54, 1.807) is 4.90 Å². The number of carbonyl (C=O) groups is 2. The van der Waals surface area contributed by atoms with Crippen molar-refractivity contribution >= 4 is 11.9 Å². The van der Waals surface area contributed by atoms with Crippen LogP contribution in [0.1, 0.15) is 117 Å². The third kappa shape index (κ3) is 43.3. The number of aliphatic carboxylic acids is 2. The van der Waals surface area contributed by atoms with E-state index < -0.39 is 11.9 Å². The number of hydrogen-bond acceptors (Lipinski definition) is 6. The lowest BCUT2D eigenvalue weighted by Gasteiger charge is -2.17. The Morgan fingerprint density at radius 2 is 0.943 bits per heavy atom. The van der Waals surface area contributed by atoms with E-state index in [0.29, 0.717) is 32.5 Å². The van der Waals surface area contributed by atoms with Crippen LogP contribution in [0.2, 0.25) is 0 Å². The molecule has 0 aliphatic heterocycles. The summed E-state index contributed by atoms with van der Waals surface area (Å²) in [5.74, 6) is -0.581. The molecule has 212 valence electrons. The van der Waals surface area contributed by atoms with Gasteiger partial charge in [0.1, 0.15) is 0 Å². The molecule has 0 fully saturated rings. The summed E-state index contributed by atoms with van der Waals surface area (Å²) in [7, 11) is 0. The molecule has 0 unspecified atom stereocenters. The first-order valence-corrected chi connectivity index (χ1v) is 13.7. The van der Waals surface area contributed by atoms with E-state index in [1.807, 2.05) is 0 Å². The van der Waals surface area contributed by atoms with Crippen molar-refractivity contribution in [3.63, 3.8) is 0 Å². The first-order chi connectivity index (χ1) is 16.7. The Hall–Kier alpha value is -1.22. The molecule has 0 aliphatic rings. The summed E-state index contributed by atoms with van der Waals surface area (Å²) in [5.41, 5.74) is 0. The van der Waals surface area contributed by atoms with Crippen molar-refractivity contribution in [1.29, 1.82) is 0 Å². The SMILES string of the molecule is CC(C)CCCCCC(=O)O.CCCCCCCCCCCC(=O)O.OCCN(CCO)CCO. The molecular weight excluding hydrogens is 450 g/mol. The fourth-order valence-electron chi connectivity index (χ4n) is 3.35. The van der Waals surface area contributed by atoms with Crippen LogP contribution in [-0.4, -0.2) is 81.8 Å². The van der Waals surface area contributed by atoms with Gasteiger partial charge in [0.25, 0.3) is 0 Å². The minimum absolute atomic E-state index is 0.0694. The highest BCUT2D eigenvalue weighted by molar-refractivity contribution is 5.66. The molecule has 0 rings (SSSR count). The minimum Gasteiger partial charge on any atom is -0.481 e. The molecule has 0 radical (unpaired) electrons. The summed E-state index contributed by atoms with van der Waals surface area (Å²) in [6.07, 6.45) is 16.1. The molecule has 0 heterocycles. The molecular formula is C27H57NO7. The molecule has 0 aromatic carbocycles. The number of rotatable bonds is 22. The summed E-state index contributed by atoms with van der Waals surface area (Å²) in [6, 6.07) is 0. The standard InChI is InChI=1S/C12H24O2.C9H18O2.C6H15NO3/c1-2-3-4-5-6-7-8-9-10-11-12(13)14;1-8(2)6-4-3-5-7-9(10)11;8-4-1-7(2-5-9)3-6-10/h2-11H2,1H3,(H,13,14);8H,3-7H2,1-2H3,(H,10,11);8-10H,1-6H2. The fourth-order valence-corrected chi connectivity index (χ4v) is 3.35. The molecule has 0 amide bonds. The molecule has 0 spiro atoms. The Bertz CT molecular complexity index is 419. The van der Waals surface area contributed by atoms with Gasteiger partial charge in [0.05, 0.1) is 19.8 Å². The molecule has 0 aromatic rings. The second-order valence-electron chi connectivity index (χ2n) is 9.37. The fraction of sp³-hybridized carbons (Fsp3) is 0.926. The van der Waals surface area contributed by atoms with Crippen LogP contribution < -0.4 is 0 Å². The lowest BCUT2D eigenvalue weighted by atomic mass is 10.0. The number of carboxylic acids is 2. The average molecular weight is 508 g/mol. The van der Waals surface area contributed by atoms with Crippen LogP contribution in [0, 0.1) is 5.92 Å². The molecule has 8 heteroatoms. The zero-order valence-electron chi connectivity index (χ0n) is 22.9. The van der Waals surface area contributed by atoms with Crippen LogP contribution in [0.3, 0.4) is 0 Å². The minimum atomic E-state index is -0.672. The van der Waals surface area contributed by atoms with Crippen LogP contribution in [0.5, 0.6) is 0 Å². The van der Waals surface area contributed by atoms with Gasteiger partial charge in [-0.25, -0.2) is 0 Å². The topological polar surface area (TPSA) is 139 Å². The number of unbranched alkanes of at least 4 members (excludes halogenated alkanes) is 10. The molecule has 0 atom stereocenters. The third-order valence-corrected chi connectivity index (χ3v) is 5.41. The van der Waals surface area contributed by atoms with E-state index in [2.05, 4.69) is 20.8 Å². The lowest BCUT2D eigenvalue weighted by Crippen LogP contribution is -2.32. The molecule has 0 aromatic heterocycles. The van der Waals surface area contributed by atoms with Gasteiger partial charge in [0.15, 0.2) is 0 Å². The highest BCUT2D eigenvalue weighted by Gasteiger charge is 2.00. The maximum atomic E-state index is 10.2. The summed E-state index contributed by atoms with van der Waals surface area (Å²) in [6.45, 7) is 8.36. The molecule has 5 N–H and O–H groups in total. The smallest absolute Gasteiger partial charge is 0.303 e. The molecule has 0 bridgehead atoms. The van der Waals surface area contributed by atoms with Gasteiger partial charge in [-0.2, -0.15) is 0 Å². The number of aliphatic hydroxyl groups excluding tert-OH is 3. The molecule has 0 saturated heterocycles. The first-order valence-electron chi connectivity index (χ1n) is 13.7. The summed E-state index contributed by atoms with van der Waals surface area (Å²) in [4.78, 5) is 22.1. The summed E-state index contributed by atoms with van der Waals surface area (Å²) < 4.78 is 0. The number of aliphatic hydroxyl groups is 3. The van der Waals surface area contributed by atoms with E-state index in [1.165, 1.54) is 57.8 Å². The van der Waals surface area contributed by atoms with E-state index in [4.69, 9.17) is 25.5 Å². The van der Waals surface area contributed by atoms with Gasteiger partial charge >= 0.3 is 11.9 Å². The van der Waals surface area contributed by atoms with E-state index in [-0.39, 0.29) is 19.8 Å². The molecule has 0 aliphatic carbocycles. The van der Waals surface area contributed by atoms with Gasteiger partial charge in [-0.15, -0.1) is 0 Å². The Kier molecular flexibility index (Phi) is 35.9. The monoisotopic (exact) mass is 507 g/mol. The Balaban J connectivity index is -0.000000447. The highest BCUT2D eigenvalue weighted by atomic mass is 16.4. The lowest BCUT2D eigenvalue weighted by molar-refractivity contribution is -0.138. The van der Waals surface area contributed by atoms with Crippen LogP contribution in [0.25, 0.3) is 0 Å². The quantitative estimate of drug-likeness (QED) is 0.130. The van der Waals surface area contributed by atoms with E-state index >= 15 is 0 Å². The van der Waals surface area contributed by atoms with Crippen molar-refractivity contribution in [2.75, 3.05) is 39.5 Å². The summed E-state index contributed by atoms with van der Waals surface area (Å²) >= 11 is 0. The van der Waals surface area contributed by atoms with Crippen molar-refractivity contribution < 1.29 is 35.1 Å². The van der Waals surface area contributed by atoms with Gasteiger partial charge in [-0.05, 0) is 18.8 Å². The van der Waals surface area contributed by atoms with Gasteiger partial charge in [0.2, 0.25) is 0 Å². The Labute approximate surface area is 214 Å². The second-order valence-corrected chi connectivity index (χ2v) is 9.37. The zero-order chi connectivity index (χ0) is 27.2. The number of hydrogen-bond donors (Lipinski definition) is 5. The third-order valence-electron chi connectivity index (χ3n) is 5.41. The zero-order valence-corrected chi connectivity index (χ0v) is 22.9. The van der Waals surface area contributed by atoms with Crippen LogP contribution in [0.4, 0.5) is 0 Å². The van der Waals surface area contributed by atoms with Gasteiger partial charge < -0.3 is 25.5 Å². The second kappa shape index (κ2) is 32.8. The summed E-state index contributed by atoms with van der Waals surface area (Å²) in [5, 5.41) is 42.2. The average Bonchev–Trinajstić information content (AvgIpc) is 2.78. The highest BCUT2D eigenvalue weighted by Crippen LogP contribution is 2.10. The van der Waals surface area contributed by atoms with Crippen LogP contribution in [-0.2, 0) is 9.59 Å². The normalized spacial score (nSPS) is 10.5. The van der Waals surface area contributed by atoms with Gasteiger partial charge in [0, 0.05) is 32.5 Å².